The van der Waals surface area contributed by atoms with E-state index in [1.54, 1.807) is 16.2 Å². The third-order valence-corrected chi connectivity index (χ3v) is 5.70. The molecule has 0 aliphatic carbocycles. The average molecular weight is 403 g/mol. The molecule has 0 N–H and O–H groups in total. The van der Waals surface area contributed by atoms with Crippen molar-refractivity contribution in [3.05, 3.63) is 59.1 Å². The smallest absolute Gasteiger partial charge is 0.387 e. The van der Waals surface area contributed by atoms with Gasteiger partial charge in [-0.15, -0.1) is 11.3 Å². The molecular formula is C20H19F2N3O2S. The van der Waals surface area contributed by atoms with Crippen LogP contribution in [-0.2, 0) is 6.54 Å². The number of fused-ring (bicyclic) bond motifs is 1. The molecule has 1 aromatic heterocycles. The lowest BCUT2D eigenvalue weighted by Gasteiger charge is -2.34. The Hall–Kier alpha value is -2.58. The monoisotopic (exact) mass is 403 g/mol. The zero-order chi connectivity index (χ0) is 19.5. The van der Waals surface area contributed by atoms with E-state index in [1.165, 1.54) is 29.0 Å². The Balaban J connectivity index is 1.32. The van der Waals surface area contributed by atoms with Gasteiger partial charge >= 0.3 is 6.61 Å². The van der Waals surface area contributed by atoms with Gasteiger partial charge in [0.1, 0.15) is 10.8 Å². The van der Waals surface area contributed by atoms with E-state index in [1.807, 2.05) is 18.2 Å². The largest absolute Gasteiger partial charge is 0.435 e. The zero-order valence-corrected chi connectivity index (χ0v) is 15.9. The standard InChI is InChI=1S/C20H19F2N3O2S/c21-20(22)27-15-7-5-14(6-8-15)19(26)25-11-9-24(10-12-25)13-18-23-16-3-1-2-4-17(16)28-18/h1-8,20H,9-13H2. The highest BCUT2D eigenvalue weighted by Crippen LogP contribution is 2.23. The van der Waals surface area contributed by atoms with Crippen molar-refractivity contribution in [2.45, 2.75) is 13.2 Å². The van der Waals surface area contributed by atoms with Crippen LogP contribution in [0.2, 0.25) is 0 Å². The minimum atomic E-state index is -2.87. The summed E-state index contributed by atoms with van der Waals surface area (Å²) in [6.07, 6.45) is 0. The number of thiazole rings is 1. The highest BCUT2D eigenvalue weighted by molar-refractivity contribution is 7.18. The predicted octanol–water partition coefficient (Wildman–Crippen LogP) is 3.86. The first kappa shape index (κ1) is 18.8. The molecule has 1 amide bonds. The van der Waals surface area contributed by atoms with Crippen molar-refractivity contribution < 1.29 is 18.3 Å². The summed E-state index contributed by atoms with van der Waals surface area (Å²) in [5.74, 6) is -0.0459. The normalized spacial score (nSPS) is 15.3. The van der Waals surface area contributed by atoms with Crippen LogP contribution in [0.5, 0.6) is 5.75 Å². The van der Waals surface area contributed by atoms with E-state index in [4.69, 9.17) is 0 Å². The molecule has 1 aliphatic heterocycles. The highest BCUT2D eigenvalue weighted by atomic mass is 32.1. The van der Waals surface area contributed by atoms with E-state index in [0.29, 0.717) is 18.7 Å². The lowest BCUT2D eigenvalue weighted by molar-refractivity contribution is -0.0498. The number of carbonyl (C=O) groups excluding carboxylic acids is 1. The fourth-order valence-electron chi connectivity index (χ4n) is 3.25. The molecule has 0 bridgehead atoms. The summed E-state index contributed by atoms with van der Waals surface area (Å²) < 4.78 is 29.9. The average Bonchev–Trinajstić information content (AvgIpc) is 3.10. The van der Waals surface area contributed by atoms with Crippen LogP contribution in [0.15, 0.2) is 48.5 Å². The number of halogens is 2. The van der Waals surface area contributed by atoms with Crippen LogP contribution < -0.4 is 4.74 Å². The Labute approximate surface area is 165 Å². The number of alkyl halides is 2. The Morgan fingerprint density at radius 2 is 1.79 bits per heavy atom. The summed E-state index contributed by atoms with van der Waals surface area (Å²) >= 11 is 1.70. The van der Waals surface area contributed by atoms with Gasteiger partial charge in [0.2, 0.25) is 0 Å². The van der Waals surface area contributed by atoms with Crippen molar-refractivity contribution in [3.8, 4) is 5.75 Å². The first-order chi connectivity index (χ1) is 13.6. The van der Waals surface area contributed by atoms with Crippen molar-refractivity contribution in [1.29, 1.82) is 0 Å². The molecule has 2 aromatic carbocycles. The van der Waals surface area contributed by atoms with Crippen molar-refractivity contribution >= 4 is 27.5 Å². The second kappa shape index (κ2) is 8.20. The van der Waals surface area contributed by atoms with Crippen molar-refractivity contribution in [2.75, 3.05) is 26.2 Å². The number of aromatic nitrogens is 1. The maximum absolute atomic E-state index is 12.6. The molecular weight excluding hydrogens is 384 g/mol. The molecule has 146 valence electrons. The first-order valence-corrected chi connectivity index (χ1v) is 9.81. The quantitative estimate of drug-likeness (QED) is 0.649. The number of amides is 1. The van der Waals surface area contributed by atoms with Crippen LogP contribution in [0.25, 0.3) is 10.2 Å². The lowest BCUT2D eigenvalue weighted by Crippen LogP contribution is -2.48. The van der Waals surface area contributed by atoms with E-state index in [0.717, 1.165) is 30.2 Å². The number of nitrogens with zero attached hydrogens (tertiary/aromatic N) is 3. The minimum absolute atomic E-state index is 0.0483. The molecule has 5 nitrogen and oxygen atoms in total. The third kappa shape index (κ3) is 4.28. The van der Waals surface area contributed by atoms with Crippen LogP contribution in [0.1, 0.15) is 15.4 Å². The van der Waals surface area contributed by atoms with E-state index < -0.39 is 6.61 Å². The van der Waals surface area contributed by atoms with Crippen molar-refractivity contribution in [3.63, 3.8) is 0 Å². The van der Waals surface area contributed by atoms with Crippen LogP contribution >= 0.6 is 11.3 Å². The van der Waals surface area contributed by atoms with Gasteiger partial charge < -0.3 is 9.64 Å². The van der Waals surface area contributed by atoms with E-state index in [-0.39, 0.29) is 11.7 Å². The second-order valence-electron chi connectivity index (χ2n) is 6.55. The number of benzene rings is 2. The van der Waals surface area contributed by atoms with Crippen LogP contribution in [0, 0.1) is 0 Å². The van der Waals surface area contributed by atoms with Crippen molar-refractivity contribution in [1.82, 2.24) is 14.8 Å². The summed E-state index contributed by atoms with van der Waals surface area (Å²) in [5, 5.41) is 1.08. The number of piperazine rings is 1. The van der Waals surface area contributed by atoms with E-state index in [9.17, 15) is 13.6 Å². The molecule has 28 heavy (non-hydrogen) atoms. The van der Waals surface area contributed by atoms with Gasteiger partial charge in [0, 0.05) is 31.7 Å². The number of carbonyl (C=O) groups is 1. The molecule has 0 saturated carbocycles. The number of hydrogen-bond donors (Lipinski definition) is 0. The Bertz CT molecular complexity index is 920. The van der Waals surface area contributed by atoms with Crippen LogP contribution in [-0.4, -0.2) is 53.5 Å². The summed E-state index contributed by atoms with van der Waals surface area (Å²) in [6.45, 7) is 0.701. The summed E-state index contributed by atoms with van der Waals surface area (Å²) in [4.78, 5) is 21.4. The number of para-hydroxylation sites is 1. The lowest BCUT2D eigenvalue weighted by atomic mass is 10.1. The zero-order valence-electron chi connectivity index (χ0n) is 15.1. The SMILES string of the molecule is O=C(c1ccc(OC(F)F)cc1)N1CCN(Cc2nc3ccccc3s2)CC1. The van der Waals surface area contributed by atoms with Gasteiger partial charge in [-0.05, 0) is 36.4 Å². The third-order valence-electron chi connectivity index (χ3n) is 4.68. The summed E-state index contributed by atoms with van der Waals surface area (Å²) in [7, 11) is 0. The van der Waals surface area contributed by atoms with Gasteiger partial charge in [0.05, 0.1) is 16.8 Å². The first-order valence-electron chi connectivity index (χ1n) is 8.99. The molecule has 0 unspecified atom stereocenters. The Kier molecular flexibility index (Phi) is 5.50. The van der Waals surface area contributed by atoms with Gasteiger partial charge in [-0.2, -0.15) is 8.78 Å². The highest BCUT2D eigenvalue weighted by Gasteiger charge is 2.23. The molecule has 1 aliphatic rings. The molecule has 1 fully saturated rings. The fraction of sp³-hybridized carbons (Fsp3) is 0.300. The molecule has 1 saturated heterocycles. The van der Waals surface area contributed by atoms with E-state index >= 15 is 0 Å². The van der Waals surface area contributed by atoms with Crippen LogP contribution in [0.3, 0.4) is 0 Å². The van der Waals surface area contributed by atoms with E-state index in [2.05, 4.69) is 20.7 Å². The fourth-order valence-corrected chi connectivity index (χ4v) is 4.26. The minimum Gasteiger partial charge on any atom is -0.435 e. The van der Waals surface area contributed by atoms with Gasteiger partial charge in [0.25, 0.3) is 5.91 Å². The Morgan fingerprint density at radius 1 is 1.07 bits per heavy atom. The molecule has 0 radical (unpaired) electrons. The molecule has 4 rings (SSSR count). The topological polar surface area (TPSA) is 45.7 Å². The number of hydrogen-bond acceptors (Lipinski definition) is 5. The van der Waals surface area contributed by atoms with Gasteiger partial charge in [-0.3, -0.25) is 9.69 Å². The second-order valence-corrected chi connectivity index (χ2v) is 7.66. The maximum Gasteiger partial charge on any atom is 0.387 e. The van der Waals surface area contributed by atoms with Gasteiger partial charge in [-0.25, -0.2) is 4.98 Å². The predicted molar refractivity (Wildman–Crippen MR) is 104 cm³/mol. The van der Waals surface area contributed by atoms with Gasteiger partial charge in [-0.1, -0.05) is 12.1 Å². The molecule has 2 heterocycles. The molecule has 0 spiro atoms. The summed E-state index contributed by atoms with van der Waals surface area (Å²) in [5.41, 5.74) is 1.50. The molecule has 0 atom stereocenters. The maximum atomic E-state index is 12.6. The summed E-state index contributed by atoms with van der Waals surface area (Å²) in [6, 6.07) is 13.9. The van der Waals surface area contributed by atoms with Crippen molar-refractivity contribution in [2.24, 2.45) is 0 Å². The van der Waals surface area contributed by atoms with Gasteiger partial charge in [0.15, 0.2) is 0 Å². The number of rotatable bonds is 5. The molecule has 8 heteroatoms. The Morgan fingerprint density at radius 3 is 2.46 bits per heavy atom. The number of ether oxygens (including phenoxy) is 1. The van der Waals surface area contributed by atoms with Crippen LogP contribution in [0.4, 0.5) is 8.78 Å². The molecule has 3 aromatic rings.